The zero-order valence-corrected chi connectivity index (χ0v) is 23.5. The molecule has 0 unspecified atom stereocenters. The lowest BCUT2D eigenvalue weighted by molar-refractivity contribution is -0.439. The zero-order chi connectivity index (χ0) is 33.4. The Balaban J connectivity index is 1.47. The van der Waals surface area contributed by atoms with Crippen molar-refractivity contribution < 1.29 is 66.9 Å². The summed E-state index contributed by atoms with van der Waals surface area (Å²) < 4.78 is 179. The summed E-state index contributed by atoms with van der Waals surface area (Å²) in [6.45, 7) is 1.82. The Morgan fingerprint density at radius 1 is 0.818 bits per heavy atom. The van der Waals surface area contributed by atoms with E-state index >= 15 is 0 Å². The largest absolute Gasteiger partial charge is 0.497 e. The van der Waals surface area contributed by atoms with Crippen molar-refractivity contribution in [2.75, 3.05) is 7.11 Å². The van der Waals surface area contributed by atoms with Crippen molar-refractivity contribution >= 4 is 0 Å². The van der Waals surface area contributed by atoms with Gasteiger partial charge < -0.3 is 9.84 Å². The lowest BCUT2D eigenvalue weighted by atomic mass is 9.53. The normalized spacial score (nSPS) is 30.2. The molecule has 0 heterocycles. The van der Waals surface area contributed by atoms with E-state index in [-0.39, 0.29) is 30.3 Å². The summed E-state index contributed by atoms with van der Waals surface area (Å²) in [5.74, 6) is -35.8. The molecule has 0 amide bonds. The van der Waals surface area contributed by atoms with Gasteiger partial charge >= 0.3 is 35.8 Å². The molecule has 0 aliphatic heterocycles. The monoisotopic (exact) mass is 658 g/mol. The second-order valence-electron chi connectivity index (χ2n) is 12.4. The van der Waals surface area contributed by atoms with Gasteiger partial charge in [-0.05, 0) is 91.4 Å². The van der Waals surface area contributed by atoms with Crippen LogP contribution in [-0.2, 0) is 6.42 Å². The maximum atomic E-state index is 14.2. The van der Waals surface area contributed by atoms with Gasteiger partial charge in [-0.25, -0.2) is 0 Å². The third-order valence-corrected chi connectivity index (χ3v) is 10.3. The van der Waals surface area contributed by atoms with E-state index < -0.39 is 59.6 Å². The number of fused-ring (bicyclic) bond motifs is 5. The maximum absolute atomic E-state index is 14.2. The van der Waals surface area contributed by atoms with Gasteiger partial charge in [0.1, 0.15) is 5.75 Å². The van der Waals surface area contributed by atoms with Crippen LogP contribution >= 0.6 is 0 Å². The van der Waals surface area contributed by atoms with Crippen LogP contribution in [0.25, 0.3) is 0 Å². The molecule has 0 spiro atoms. The fraction of sp³-hybridized carbons (Fsp3) is 0.724. The second kappa shape index (κ2) is 10.7. The van der Waals surface area contributed by atoms with E-state index in [1.165, 1.54) is 5.56 Å². The molecule has 0 bridgehead atoms. The fourth-order valence-electron chi connectivity index (χ4n) is 7.57. The molecule has 2 fully saturated rings. The minimum absolute atomic E-state index is 0.00287. The van der Waals surface area contributed by atoms with Gasteiger partial charge in [0.15, 0.2) is 0 Å². The summed E-state index contributed by atoms with van der Waals surface area (Å²) in [6.07, 6.45) is -5.74. The van der Waals surface area contributed by atoms with Crippen LogP contribution < -0.4 is 4.74 Å². The van der Waals surface area contributed by atoms with E-state index in [0.29, 0.717) is 19.3 Å². The molecule has 0 saturated heterocycles. The molecular weight excluding hydrogens is 627 g/mol. The van der Waals surface area contributed by atoms with Crippen LogP contribution in [-0.4, -0.2) is 53.6 Å². The molecule has 2 nitrogen and oxygen atoms in total. The number of hydrogen-bond acceptors (Lipinski definition) is 2. The van der Waals surface area contributed by atoms with E-state index in [1.807, 2.05) is 25.1 Å². The number of ether oxygens (including phenoxy) is 1. The smallest absolute Gasteiger partial charge is 0.460 e. The topological polar surface area (TPSA) is 29.5 Å². The predicted octanol–water partition coefficient (Wildman–Crippen LogP) is 9.36. The minimum atomic E-state index is -7.91. The third-order valence-electron chi connectivity index (χ3n) is 10.3. The Morgan fingerprint density at radius 3 is 2.02 bits per heavy atom. The first-order valence-electron chi connectivity index (χ1n) is 13.9. The molecule has 2 saturated carbocycles. The van der Waals surface area contributed by atoms with Crippen molar-refractivity contribution in [3.05, 3.63) is 41.5 Å². The first kappa shape index (κ1) is 34.7. The number of aliphatic hydroxyl groups is 1. The fourth-order valence-corrected chi connectivity index (χ4v) is 7.57. The van der Waals surface area contributed by atoms with Gasteiger partial charge in [0.05, 0.1) is 12.7 Å². The van der Waals surface area contributed by atoms with Gasteiger partial charge in [0, 0.05) is 6.42 Å². The maximum Gasteiger partial charge on any atom is 0.460 e. The van der Waals surface area contributed by atoms with Gasteiger partial charge in [-0.15, -0.1) is 0 Å². The summed E-state index contributed by atoms with van der Waals surface area (Å²) in [4.78, 5) is 0. The number of hydrogen-bond donors (Lipinski definition) is 1. The standard InChI is InChI=1S/C29H31F13O2/c1-22-13-9-19-18-8-6-17(44-2)15-16(18)5-7-20(19)21(22)10-14-23(22,43)11-3-4-12-24(30,31)25(32,33)26(34,35)27(36,37)28(38,39)29(40,41)42/h3-4,6,8,15,19-21,43H,5,7,9-14H2,1-2H3/b4-3+/t19-,20-,21+,22+,23+/m1/s1. The quantitative estimate of drug-likeness (QED) is 0.212. The predicted molar refractivity (Wildman–Crippen MR) is 132 cm³/mol. The highest BCUT2D eigenvalue weighted by atomic mass is 19.4. The van der Waals surface area contributed by atoms with E-state index in [1.54, 1.807) is 7.11 Å². The van der Waals surface area contributed by atoms with Gasteiger partial charge in [-0.3, -0.25) is 0 Å². The molecule has 15 heteroatoms. The van der Waals surface area contributed by atoms with Crippen molar-refractivity contribution in [3.8, 4) is 5.75 Å². The number of alkyl halides is 13. The average Bonchev–Trinajstić information content (AvgIpc) is 3.20. The number of benzene rings is 1. The molecule has 1 aromatic carbocycles. The van der Waals surface area contributed by atoms with Crippen LogP contribution in [0.15, 0.2) is 30.4 Å². The first-order chi connectivity index (χ1) is 19.9. The molecule has 5 atom stereocenters. The molecule has 3 aliphatic rings. The first-order valence-corrected chi connectivity index (χ1v) is 13.9. The Morgan fingerprint density at radius 2 is 1.43 bits per heavy atom. The van der Waals surface area contributed by atoms with Crippen molar-refractivity contribution in [1.29, 1.82) is 0 Å². The van der Waals surface area contributed by atoms with Crippen LogP contribution in [0.1, 0.15) is 68.9 Å². The number of methoxy groups -OCH3 is 1. The minimum Gasteiger partial charge on any atom is -0.497 e. The second-order valence-corrected chi connectivity index (χ2v) is 12.4. The molecule has 1 aromatic rings. The van der Waals surface area contributed by atoms with Crippen LogP contribution in [0.2, 0.25) is 0 Å². The Bertz CT molecular complexity index is 1260. The number of allylic oxidation sites excluding steroid dienone is 1. The summed E-state index contributed by atoms with van der Waals surface area (Å²) in [7, 11) is 1.56. The molecular formula is C29H31F13O2. The van der Waals surface area contributed by atoms with Crippen molar-refractivity contribution in [1.82, 2.24) is 0 Å². The highest BCUT2D eigenvalue weighted by Gasteiger charge is 2.90. The van der Waals surface area contributed by atoms with E-state index in [4.69, 9.17) is 4.74 Å². The van der Waals surface area contributed by atoms with Gasteiger partial charge in [0.25, 0.3) is 0 Å². The number of rotatable bonds is 9. The number of aryl methyl sites for hydroxylation is 1. The highest BCUT2D eigenvalue weighted by molar-refractivity contribution is 5.41. The Kier molecular flexibility index (Phi) is 8.42. The zero-order valence-electron chi connectivity index (χ0n) is 23.5. The molecule has 0 radical (unpaired) electrons. The lowest BCUT2D eigenvalue weighted by Gasteiger charge is -2.53. The average molecular weight is 659 g/mol. The Labute approximate surface area is 244 Å². The van der Waals surface area contributed by atoms with Crippen molar-refractivity contribution in [2.45, 2.75) is 106 Å². The lowest BCUT2D eigenvalue weighted by Crippen LogP contribution is -2.70. The number of halogens is 13. The SMILES string of the molecule is COc1ccc2c(c1)CC[C@@H]1[C@@H]2CC[C@@]2(C)[C@H]1CC[C@@]2(O)C/C=C/CC(F)(F)C(F)(F)C(F)(F)C(F)(F)C(F)(F)C(F)(F)F. The molecule has 44 heavy (non-hydrogen) atoms. The van der Waals surface area contributed by atoms with E-state index in [0.717, 1.165) is 30.2 Å². The molecule has 3 aliphatic carbocycles. The molecule has 1 N–H and O–H groups in total. The molecule has 4 rings (SSSR count). The van der Waals surface area contributed by atoms with Crippen molar-refractivity contribution in [2.24, 2.45) is 17.3 Å². The third kappa shape index (κ3) is 4.88. The van der Waals surface area contributed by atoms with Gasteiger partial charge in [0.2, 0.25) is 0 Å². The summed E-state index contributed by atoms with van der Waals surface area (Å²) in [6, 6.07) is 5.85. The van der Waals surface area contributed by atoms with Crippen molar-refractivity contribution in [3.63, 3.8) is 0 Å². The van der Waals surface area contributed by atoms with Gasteiger partial charge in [-0.2, -0.15) is 57.1 Å². The Hall–Kier alpha value is -2.19. The summed E-state index contributed by atoms with van der Waals surface area (Å²) in [5, 5.41) is 11.6. The van der Waals surface area contributed by atoms with Crippen LogP contribution in [0.4, 0.5) is 57.1 Å². The highest BCUT2D eigenvalue weighted by Crippen LogP contribution is 2.65. The van der Waals surface area contributed by atoms with Crippen LogP contribution in [0.3, 0.4) is 0 Å². The van der Waals surface area contributed by atoms with Gasteiger partial charge in [-0.1, -0.05) is 25.1 Å². The van der Waals surface area contributed by atoms with E-state index in [2.05, 4.69) is 0 Å². The van der Waals surface area contributed by atoms with Crippen LogP contribution in [0.5, 0.6) is 5.75 Å². The summed E-state index contributed by atoms with van der Waals surface area (Å²) >= 11 is 0. The van der Waals surface area contributed by atoms with E-state index in [9.17, 15) is 62.2 Å². The molecule has 0 aromatic heterocycles. The summed E-state index contributed by atoms with van der Waals surface area (Å²) in [5.41, 5.74) is 0.0716. The van der Waals surface area contributed by atoms with Crippen LogP contribution in [0, 0.1) is 17.3 Å². The molecule has 250 valence electrons.